The first kappa shape index (κ1) is 11.6. The molecule has 0 unspecified atom stereocenters. The van der Waals surface area contributed by atoms with E-state index in [1.54, 1.807) is 6.07 Å². The van der Waals surface area contributed by atoms with E-state index in [1.165, 1.54) is 6.20 Å². The van der Waals surface area contributed by atoms with E-state index in [-0.39, 0.29) is 6.10 Å². The normalized spacial score (nSPS) is 29.6. The van der Waals surface area contributed by atoms with Gasteiger partial charge in [0.25, 0.3) is 0 Å². The zero-order valence-corrected chi connectivity index (χ0v) is 10.1. The number of halogens is 1. The van der Waals surface area contributed by atoms with Crippen LogP contribution < -0.4 is 5.73 Å². The van der Waals surface area contributed by atoms with E-state index >= 15 is 0 Å². The molecule has 88 valence electrons. The highest BCUT2D eigenvalue weighted by Crippen LogP contribution is 2.40. The second-order valence-electron chi connectivity index (χ2n) is 3.94. The molecule has 1 fully saturated rings. The molecule has 2 rings (SSSR count). The Hall–Kier alpha value is -0.840. The van der Waals surface area contributed by atoms with E-state index < -0.39 is 5.79 Å². The molecule has 0 amide bonds. The molecule has 0 spiro atoms. The van der Waals surface area contributed by atoms with Crippen LogP contribution in [-0.4, -0.2) is 17.7 Å². The molecular formula is C11H15ClN2O2. The molecule has 0 saturated carbocycles. The molecule has 0 aliphatic carbocycles. The molecule has 16 heavy (non-hydrogen) atoms. The summed E-state index contributed by atoms with van der Waals surface area (Å²) in [5.41, 5.74) is 7.20. The van der Waals surface area contributed by atoms with Crippen molar-refractivity contribution in [2.75, 3.05) is 12.3 Å². The van der Waals surface area contributed by atoms with Crippen LogP contribution in [0, 0.1) is 0 Å². The maximum Gasteiger partial charge on any atom is 0.197 e. The highest BCUT2D eigenvalue weighted by molar-refractivity contribution is 6.29. The molecule has 2 N–H and O–H groups in total. The van der Waals surface area contributed by atoms with Crippen molar-refractivity contribution in [3.63, 3.8) is 0 Å². The highest BCUT2D eigenvalue weighted by atomic mass is 35.5. The Balaban J connectivity index is 2.44. The van der Waals surface area contributed by atoms with Gasteiger partial charge in [0.05, 0.1) is 24.6 Å². The molecular weight excluding hydrogens is 228 g/mol. The SMILES string of the molecule is CC[C@@]1(c2cc(Cl)ncc2N)OC[C@@H](C)O1. The summed E-state index contributed by atoms with van der Waals surface area (Å²) in [6.45, 7) is 4.52. The summed E-state index contributed by atoms with van der Waals surface area (Å²) in [6, 6.07) is 1.71. The van der Waals surface area contributed by atoms with Crippen LogP contribution in [0.25, 0.3) is 0 Å². The molecule has 0 radical (unpaired) electrons. The molecule has 2 heterocycles. The summed E-state index contributed by atoms with van der Waals surface area (Å²) in [5.74, 6) is -0.768. The zero-order valence-electron chi connectivity index (χ0n) is 9.37. The number of rotatable bonds is 2. The smallest absolute Gasteiger partial charge is 0.197 e. The second kappa shape index (κ2) is 4.20. The van der Waals surface area contributed by atoms with Crippen molar-refractivity contribution < 1.29 is 9.47 Å². The number of hydrogen-bond acceptors (Lipinski definition) is 4. The van der Waals surface area contributed by atoms with E-state index in [0.29, 0.717) is 23.9 Å². The first-order valence-electron chi connectivity index (χ1n) is 5.30. The summed E-state index contributed by atoms with van der Waals surface area (Å²) in [4.78, 5) is 3.92. The Morgan fingerprint density at radius 1 is 1.69 bits per heavy atom. The molecule has 5 heteroatoms. The molecule has 0 aromatic carbocycles. The van der Waals surface area contributed by atoms with E-state index in [1.807, 2.05) is 13.8 Å². The standard InChI is InChI=1S/C11H15ClN2O2/c1-3-11(15-6-7(2)16-11)8-4-10(12)14-5-9(8)13/h4-5,7H,3,6,13H2,1-2H3/t7-,11-/m1/s1. The predicted molar refractivity (Wildman–Crippen MR) is 62.1 cm³/mol. The third kappa shape index (κ3) is 1.88. The van der Waals surface area contributed by atoms with Crippen molar-refractivity contribution in [3.05, 3.63) is 23.0 Å². The minimum Gasteiger partial charge on any atom is -0.397 e. The van der Waals surface area contributed by atoms with Gasteiger partial charge in [-0.25, -0.2) is 4.98 Å². The van der Waals surface area contributed by atoms with Gasteiger partial charge in [-0.15, -0.1) is 0 Å². The van der Waals surface area contributed by atoms with Crippen molar-refractivity contribution in [1.29, 1.82) is 0 Å². The minimum absolute atomic E-state index is 0.0614. The number of nitrogen functional groups attached to an aromatic ring is 1. The first-order valence-corrected chi connectivity index (χ1v) is 5.68. The lowest BCUT2D eigenvalue weighted by Crippen LogP contribution is -2.28. The van der Waals surface area contributed by atoms with E-state index in [0.717, 1.165) is 5.56 Å². The summed E-state index contributed by atoms with van der Waals surface area (Å²) in [6.07, 6.45) is 2.28. The lowest BCUT2D eigenvalue weighted by atomic mass is 10.0. The zero-order chi connectivity index (χ0) is 11.8. The third-order valence-corrected chi connectivity index (χ3v) is 2.93. The van der Waals surface area contributed by atoms with Crippen LogP contribution in [0.4, 0.5) is 5.69 Å². The van der Waals surface area contributed by atoms with E-state index in [2.05, 4.69) is 4.98 Å². The molecule has 1 aliphatic rings. The second-order valence-corrected chi connectivity index (χ2v) is 4.33. The molecule has 1 aromatic heterocycles. The number of pyridine rings is 1. The van der Waals surface area contributed by atoms with Gasteiger partial charge in [0.1, 0.15) is 5.15 Å². The molecule has 1 saturated heterocycles. The van der Waals surface area contributed by atoms with Crippen molar-refractivity contribution in [3.8, 4) is 0 Å². The van der Waals surface area contributed by atoms with Crippen LogP contribution in [0.2, 0.25) is 5.15 Å². The van der Waals surface area contributed by atoms with Crippen molar-refractivity contribution >= 4 is 17.3 Å². The first-order chi connectivity index (χ1) is 7.57. The Labute approximate surface area is 99.7 Å². The fourth-order valence-electron chi connectivity index (χ4n) is 1.93. The number of ether oxygens (including phenoxy) is 2. The third-order valence-electron chi connectivity index (χ3n) is 2.72. The average Bonchev–Trinajstić information content (AvgIpc) is 2.65. The highest BCUT2D eigenvalue weighted by Gasteiger charge is 2.41. The van der Waals surface area contributed by atoms with Gasteiger partial charge in [-0.1, -0.05) is 18.5 Å². The predicted octanol–water partition coefficient (Wildman–Crippen LogP) is 2.32. The lowest BCUT2D eigenvalue weighted by molar-refractivity contribution is -0.176. The molecule has 2 atom stereocenters. The Morgan fingerprint density at radius 3 is 3.00 bits per heavy atom. The Kier molecular flexibility index (Phi) is 3.06. The lowest BCUT2D eigenvalue weighted by Gasteiger charge is -2.28. The van der Waals surface area contributed by atoms with Crippen LogP contribution in [0.15, 0.2) is 12.3 Å². The van der Waals surface area contributed by atoms with Crippen LogP contribution in [0.1, 0.15) is 25.8 Å². The molecule has 0 bridgehead atoms. The maximum atomic E-state index is 5.89. The number of anilines is 1. The van der Waals surface area contributed by atoms with Crippen molar-refractivity contribution in [2.24, 2.45) is 0 Å². The van der Waals surface area contributed by atoms with Gasteiger partial charge < -0.3 is 15.2 Å². The molecule has 1 aliphatic heterocycles. The minimum atomic E-state index is -0.768. The van der Waals surface area contributed by atoms with Crippen molar-refractivity contribution in [1.82, 2.24) is 4.98 Å². The Bertz CT molecular complexity index is 400. The van der Waals surface area contributed by atoms with Gasteiger partial charge in [0.15, 0.2) is 5.79 Å². The monoisotopic (exact) mass is 242 g/mol. The Morgan fingerprint density at radius 2 is 2.44 bits per heavy atom. The number of hydrogen-bond donors (Lipinski definition) is 1. The van der Waals surface area contributed by atoms with Gasteiger partial charge in [0, 0.05) is 12.0 Å². The number of aromatic nitrogens is 1. The summed E-state index contributed by atoms with van der Waals surface area (Å²) in [5, 5.41) is 0.392. The van der Waals surface area contributed by atoms with Crippen LogP contribution in [-0.2, 0) is 15.3 Å². The summed E-state index contributed by atoms with van der Waals surface area (Å²) in [7, 11) is 0. The topological polar surface area (TPSA) is 57.4 Å². The van der Waals surface area contributed by atoms with Gasteiger partial charge >= 0.3 is 0 Å². The average molecular weight is 243 g/mol. The summed E-state index contributed by atoms with van der Waals surface area (Å²) >= 11 is 5.87. The van der Waals surface area contributed by atoms with Gasteiger partial charge in [-0.05, 0) is 13.0 Å². The van der Waals surface area contributed by atoms with E-state index in [4.69, 9.17) is 26.8 Å². The molecule has 1 aromatic rings. The fraction of sp³-hybridized carbons (Fsp3) is 0.545. The van der Waals surface area contributed by atoms with Gasteiger partial charge in [0.2, 0.25) is 0 Å². The summed E-state index contributed by atoms with van der Waals surface area (Å²) < 4.78 is 11.6. The van der Waals surface area contributed by atoms with Gasteiger partial charge in [-0.2, -0.15) is 0 Å². The molecule has 4 nitrogen and oxygen atoms in total. The number of nitrogens with two attached hydrogens (primary N) is 1. The van der Waals surface area contributed by atoms with Crippen LogP contribution in [0.3, 0.4) is 0 Å². The maximum absolute atomic E-state index is 5.89. The van der Waals surface area contributed by atoms with Crippen molar-refractivity contribution in [2.45, 2.75) is 32.2 Å². The largest absolute Gasteiger partial charge is 0.397 e. The van der Waals surface area contributed by atoms with Gasteiger partial charge in [-0.3, -0.25) is 0 Å². The quantitative estimate of drug-likeness (QED) is 0.809. The fourth-order valence-corrected chi connectivity index (χ4v) is 2.09. The number of nitrogens with zero attached hydrogens (tertiary/aromatic N) is 1. The van der Waals surface area contributed by atoms with Crippen LogP contribution >= 0.6 is 11.6 Å². The van der Waals surface area contributed by atoms with Crippen LogP contribution in [0.5, 0.6) is 0 Å². The van der Waals surface area contributed by atoms with E-state index in [9.17, 15) is 0 Å².